The average molecular weight is 425 g/mol. The predicted molar refractivity (Wildman–Crippen MR) is 101 cm³/mol. The molecule has 0 spiro atoms. The number of piperidine rings is 1. The number of nitrogens with zero attached hydrogens (tertiary/aromatic N) is 3. The van der Waals surface area contributed by atoms with E-state index in [1.807, 2.05) is 5.32 Å². The number of nitrogens with one attached hydrogen (secondary N) is 1. The Labute approximate surface area is 165 Å². The number of hydrogen-bond donors (Lipinski definition) is 2. The number of carbonyl (C=O) groups is 2. The van der Waals surface area contributed by atoms with Crippen molar-refractivity contribution >= 4 is 33.7 Å². The second kappa shape index (κ2) is 8.71. The van der Waals surface area contributed by atoms with Crippen LogP contribution in [0.5, 0.6) is 0 Å². The molecule has 10 nitrogen and oxygen atoms in total. The zero-order chi connectivity index (χ0) is 20.1. The van der Waals surface area contributed by atoms with Crippen molar-refractivity contribution in [1.29, 1.82) is 0 Å². The van der Waals surface area contributed by atoms with E-state index in [2.05, 4.69) is 10.2 Å². The fourth-order valence-corrected chi connectivity index (χ4v) is 4.86. The van der Waals surface area contributed by atoms with Crippen molar-refractivity contribution in [3.8, 4) is 11.5 Å². The molecule has 12 heteroatoms. The van der Waals surface area contributed by atoms with Gasteiger partial charge in [-0.25, -0.2) is 13.2 Å². The summed E-state index contributed by atoms with van der Waals surface area (Å²) in [5.74, 6) is -0.589. The lowest BCUT2D eigenvalue weighted by atomic mass is 10.2. The number of primary amides is 1. The second-order valence-corrected chi connectivity index (χ2v) is 8.93. The Morgan fingerprint density at radius 1 is 1.21 bits per heavy atom. The van der Waals surface area contributed by atoms with E-state index in [-0.39, 0.29) is 21.8 Å². The number of rotatable bonds is 6. The van der Waals surface area contributed by atoms with E-state index >= 15 is 0 Å². The minimum Gasteiger partial charge on any atom is -0.411 e. The molecule has 1 saturated heterocycles. The number of urea groups is 1. The van der Waals surface area contributed by atoms with Crippen LogP contribution in [0.3, 0.4) is 0 Å². The van der Waals surface area contributed by atoms with Gasteiger partial charge in [-0.1, -0.05) is 24.2 Å². The first kappa shape index (κ1) is 20.3. The van der Waals surface area contributed by atoms with Gasteiger partial charge in [-0.2, -0.15) is 4.31 Å². The molecule has 0 atom stereocenters. The monoisotopic (exact) mass is 425 g/mol. The van der Waals surface area contributed by atoms with Crippen LogP contribution < -0.4 is 11.1 Å². The maximum atomic E-state index is 12.8. The molecule has 1 aliphatic rings. The molecule has 150 valence electrons. The summed E-state index contributed by atoms with van der Waals surface area (Å²) in [7, 11) is -3.58. The van der Waals surface area contributed by atoms with Crippen molar-refractivity contribution in [2.24, 2.45) is 5.73 Å². The SMILES string of the molecule is NC(=O)NC(=O)CSc1nnc(-c2cccc(S(=O)(=O)N3CCCCC3)c2)o1. The summed E-state index contributed by atoms with van der Waals surface area (Å²) in [4.78, 5) is 22.2. The normalized spacial score (nSPS) is 15.3. The summed E-state index contributed by atoms with van der Waals surface area (Å²) in [6.45, 7) is 1.03. The van der Waals surface area contributed by atoms with Crippen molar-refractivity contribution in [3.63, 3.8) is 0 Å². The first-order valence-corrected chi connectivity index (χ1v) is 10.9. The number of thioether (sulfide) groups is 1. The number of amides is 3. The molecule has 3 amide bonds. The van der Waals surface area contributed by atoms with Crippen LogP contribution in [0, 0.1) is 0 Å². The third-order valence-corrected chi connectivity index (χ3v) is 6.74. The zero-order valence-electron chi connectivity index (χ0n) is 14.8. The first-order chi connectivity index (χ1) is 13.4. The largest absolute Gasteiger partial charge is 0.411 e. The number of carbonyl (C=O) groups excluding carboxylic acids is 2. The van der Waals surface area contributed by atoms with Gasteiger partial charge in [0.2, 0.25) is 21.8 Å². The van der Waals surface area contributed by atoms with Crippen LogP contribution in [0.25, 0.3) is 11.5 Å². The van der Waals surface area contributed by atoms with Gasteiger partial charge in [-0.15, -0.1) is 10.2 Å². The number of aromatic nitrogens is 2. The molecule has 2 aromatic rings. The van der Waals surface area contributed by atoms with Crippen LogP contribution in [0.2, 0.25) is 0 Å². The van der Waals surface area contributed by atoms with E-state index in [1.54, 1.807) is 12.1 Å². The molecular weight excluding hydrogens is 406 g/mol. The summed E-state index contributed by atoms with van der Waals surface area (Å²) in [5, 5.41) is 9.74. The second-order valence-electron chi connectivity index (χ2n) is 6.07. The molecule has 3 N–H and O–H groups in total. The standard InChI is InChI=1S/C16H19N5O5S2/c17-15(23)18-13(22)10-27-16-20-19-14(26-16)11-5-4-6-12(9-11)28(24,25)21-7-2-1-3-8-21/h4-6,9H,1-3,7-8,10H2,(H3,17,18,22,23). The van der Waals surface area contributed by atoms with Crippen molar-refractivity contribution in [2.45, 2.75) is 29.4 Å². The maximum Gasteiger partial charge on any atom is 0.318 e. The van der Waals surface area contributed by atoms with Gasteiger partial charge in [0.15, 0.2) is 0 Å². The Bertz CT molecular complexity index is 969. The van der Waals surface area contributed by atoms with Crippen molar-refractivity contribution in [3.05, 3.63) is 24.3 Å². The van der Waals surface area contributed by atoms with Crippen molar-refractivity contribution < 1.29 is 22.4 Å². The fourth-order valence-electron chi connectivity index (χ4n) is 2.73. The highest BCUT2D eigenvalue weighted by atomic mass is 32.2. The number of nitrogens with two attached hydrogens (primary N) is 1. The highest BCUT2D eigenvalue weighted by Crippen LogP contribution is 2.27. The van der Waals surface area contributed by atoms with Crippen LogP contribution in [-0.4, -0.2) is 53.7 Å². The summed E-state index contributed by atoms with van der Waals surface area (Å²) < 4.78 is 32.6. The third-order valence-electron chi connectivity index (χ3n) is 4.03. The van der Waals surface area contributed by atoms with E-state index in [9.17, 15) is 18.0 Å². The summed E-state index contributed by atoms with van der Waals surface area (Å²) in [6, 6.07) is 5.36. The molecule has 1 aromatic heterocycles. The summed E-state index contributed by atoms with van der Waals surface area (Å²) >= 11 is 0.932. The smallest absolute Gasteiger partial charge is 0.318 e. The molecule has 1 fully saturated rings. The highest BCUT2D eigenvalue weighted by molar-refractivity contribution is 7.99. The molecule has 3 rings (SSSR count). The predicted octanol–water partition coefficient (Wildman–Crippen LogP) is 1.20. The van der Waals surface area contributed by atoms with E-state index in [1.165, 1.54) is 16.4 Å². The number of benzene rings is 1. The van der Waals surface area contributed by atoms with Crippen LogP contribution >= 0.6 is 11.8 Å². The lowest BCUT2D eigenvalue weighted by molar-refractivity contribution is -0.117. The Hall–Kier alpha value is -2.44. The molecule has 0 unspecified atom stereocenters. The Morgan fingerprint density at radius 3 is 2.68 bits per heavy atom. The minimum absolute atomic E-state index is 0.110. The number of sulfonamides is 1. The Balaban J connectivity index is 1.73. The minimum atomic E-state index is -3.58. The highest BCUT2D eigenvalue weighted by Gasteiger charge is 2.26. The molecule has 0 saturated carbocycles. The Kier molecular flexibility index (Phi) is 6.31. The maximum absolute atomic E-state index is 12.8. The third kappa shape index (κ3) is 4.88. The van der Waals surface area contributed by atoms with Gasteiger partial charge in [-0.05, 0) is 31.0 Å². The molecule has 2 heterocycles. The molecule has 0 bridgehead atoms. The van der Waals surface area contributed by atoms with Crippen LogP contribution in [-0.2, 0) is 14.8 Å². The fraction of sp³-hybridized carbons (Fsp3) is 0.375. The van der Waals surface area contributed by atoms with Crippen molar-refractivity contribution in [2.75, 3.05) is 18.8 Å². The Morgan fingerprint density at radius 2 is 1.96 bits per heavy atom. The van der Waals surface area contributed by atoms with E-state index < -0.39 is 22.0 Å². The number of hydrogen-bond acceptors (Lipinski definition) is 8. The lowest BCUT2D eigenvalue weighted by Crippen LogP contribution is -2.36. The van der Waals surface area contributed by atoms with Gasteiger partial charge in [0.1, 0.15) is 0 Å². The van der Waals surface area contributed by atoms with Gasteiger partial charge in [0.25, 0.3) is 5.22 Å². The van der Waals surface area contributed by atoms with Gasteiger partial charge in [0, 0.05) is 18.7 Å². The number of imide groups is 1. The van der Waals surface area contributed by atoms with E-state index in [0.29, 0.717) is 18.7 Å². The lowest BCUT2D eigenvalue weighted by Gasteiger charge is -2.25. The topological polar surface area (TPSA) is 148 Å². The van der Waals surface area contributed by atoms with E-state index in [0.717, 1.165) is 31.0 Å². The van der Waals surface area contributed by atoms with E-state index in [4.69, 9.17) is 10.2 Å². The first-order valence-electron chi connectivity index (χ1n) is 8.52. The van der Waals surface area contributed by atoms with Gasteiger partial charge in [0.05, 0.1) is 10.6 Å². The van der Waals surface area contributed by atoms with Crippen LogP contribution in [0.1, 0.15) is 19.3 Å². The van der Waals surface area contributed by atoms with Gasteiger partial charge < -0.3 is 10.2 Å². The quantitative estimate of drug-likeness (QED) is 0.656. The molecule has 1 aliphatic heterocycles. The molecule has 0 aliphatic carbocycles. The molecule has 28 heavy (non-hydrogen) atoms. The summed E-state index contributed by atoms with van der Waals surface area (Å²) in [6.07, 6.45) is 2.74. The zero-order valence-corrected chi connectivity index (χ0v) is 16.5. The molecular formula is C16H19N5O5S2. The summed E-state index contributed by atoms with van der Waals surface area (Å²) in [5.41, 5.74) is 5.32. The van der Waals surface area contributed by atoms with Gasteiger partial charge in [-0.3, -0.25) is 10.1 Å². The average Bonchev–Trinajstić information content (AvgIpc) is 3.16. The van der Waals surface area contributed by atoms with Crippen LogP contribution in [0.15, 0.2) is 38.8 Å². The van der Waals surface area contributed by atoms with Gasteiger partial charge >= 0.3 is 6.03 Å². The molecule has 0 radical (unpaired) electrons. The van der Waals surface area contributed by atoms with Crippen molar-refractivity contribution in [1.82, 2.24) is 19.8 Å². The van der Waals surface area contributed by atoms with Crippen LogP contribution in [0.4, 0.5) is 4.79 Å². The molecule has 1 aromatic carbocycles.